The van der Waals surface area contributed by atoms with E-state index < -0.39 is 0 Å². The van der Waals surface area contributed by atoms with Gasteiger partial charge in [-0.25, -0.2) is 4.79 Å². The van der Waals surface area contributed by atoms with Crippen molar-refractivity contribution in [1.82, 2.24) is 0 Å². The lowest BCUT2D eigenvalue weighted by atomic mass is 9.87. The van der Waals surface area contributed by atoms with Crippen LogP contribution in [0.15, 0.2) is 11.6 Å². The molecule has 0 aromatic heterocycles. The van der Waals surface area contributed by atoms with Crippen molar-refractivity contribution in [3.63, 3.8) is 0 Å². The number of ether oxygens (including phenoxy) is 1. The molecule has 0 heterocycles. The maximum atomic E-state index is 11.4. The van der Waals surface area contributed by atoms with Gasteiger partial charge in [0.2, 0.25) is 0 Å². The number of rotatable bonds is 4. The van der Waals surface area contributed by atoms with Crippen LogP contribution in [-0.2, 0) is 9.53 Å². The first-order valence-corrected chi connectivity index (χ1v) is 5.59. The van der Waals surface area contributed by atoms with E-state index in [1.165, 1.54) is 0 Å². The largest absolute Gasteiger partial charge is 0.463 e. The standard InChI is InChI=1S/C13H24O2/c1-10(2)7-8-15-12(14)9-11(3)13(4,5)6/h9-10H,7-8H2,1-6H3. The van der Waals surface area contributed by atoms with Gasteiger partial charge in [-0.1, -0.05) is 40.2 Å². The minimum Gasteiger partial charge on any atom is -0.463 e. The molecule has 0 atom stereocenters. The lowest BCUT2D eigenvalue weighted by molar-refractivity contribution is -0.138. The summed E-state index contributed by atoms with van der Waals surface area (Å²) >= 11 is 0. The summed E-state index contributed by atoms with van der Waals surface area (Å²) in [4.78, 5) is 11.4. The van der Waals surface area contributed by atoms with Crippen LogP contribution >= 0.6 is 0 Å². The third-order valence-corrected chi connectivity index (χ3v) is 2.46. The van der Waals surface area contributed by atoms with E-state index in [4.69, 9.17) is 4.74 Å². The Kier molecular flexibility index (Phi) is 5.63. The molecule has 0 N–H and O–H groups in total. The highest BCUT2D eigenvalue weighted by Gasteiger charge is 2.14. The highest BCUT2D eigenvalue weighted by molar-refractivity contribution is 5.82. The Morgan fingerprint density at radius 3 is 2.27 bits per heavy atom. The Labute approximate surface area is 93.7 Å². The van der Waals surface area contributed by atoms with Crippen molar-refractivity contribution in [1.29, 1.82) is 0 Å². The Hall–Kier alpha value is -0.790. The molecule has 0 aliphatic rings. The van der Waals surface area contributed by atoms with E-state index in [0.717, 1.165) is 12.0 Å². The zero-order valence-corrected chi connectivity index (χ0v) is 10.9. The summed E-state index contributed by atoms with van der Waals surface area (Å²) in [6.45, 7) is 13.0. The number of carbonyl (C=O) groups excluding carboxylic acids is 1. The summed E-state index contributed by atoms with van der Waals surface area (Å²) in [7, 11) is 0. The molecule has 15 heavy (non-hydrogen) atoms. The molecule has 0 bridgehead atoms. The van der Waals surface area contributed by atoms with Crippen LogP contribution in [0.3, 0.4) is 0 Å². The normalized spacial score (nSPS) is 13.1. The van der Waals surface area contributed by atoms with Crippen molar-refractivity contribution in [3.8, 4) is 0 Å². The summed E-state index contributed by atoms with van der Waals surface area (Å²) in [5, 5.41) is 0. The van der Waals surface area contributed by atoms with E-state index in [1.807, 2.05) is 6.92 Å². The first kappa shape index (κ1) is 14.2. The summed E-state index contributed by atoms with van der Waals surface area (Å²) < 4.78 is 5.10. The summed E-state index contributed by atoms with van der Waals surface area (Å²) in [6, 6.07) is 0. The van der Waals surface area contributed by atoms with Crippen LogP contribution in [0.25, 0.3) is 0 Å². The molecular formula is C13H24O2. The predicted octanol–water partition coefficient (Wildman–Crippen LogP) is 3.57. The molecule has 0 aliphatic heterocycles. The second-order valence-electron chi connectivity index (χ2n) is 5.43. The van der Waals surface area contributed by atoms with Crippen molar-refractivity contribution >= 4 is 5.97 Å². The van der Waals surface area contributed by atoms with E-state index >= 15 is 0 Å². The van der Waals surface area contributed by atoms with Crippen molar-refractivity contribution < 1.29 is 9.53 Å². The van der Waals surface area contributed by atoms with E-state index in [0.29, 0.717) is 12.5 Å². The molecule has 88 valence electrons. The average molecular weight is 212 g/mol. The fourth-order valence-electron chi connectivity index (χ4n) is 0.830. The predicted molar refractivity (Wildman–Crippen MR) is 63.6 cm³/mol. The van der Waals surface area contributed by atoms with E-state index in [2.05, 4.69) is 34.6 Å². The van der Waals surface area contributed by atoms with Gasteiger partial charge in [-0.3, -0.25) is 0 Å². The van der Waals surface area contributed by atoms with Crippen LogP contribution in [0.4, 0.5) is 0 Å². The van der Waals surface area contributed by atoms with Gasteiger partial charge in [-0.05, 0) is 24.7 Å². The quantitative estimate of drug-likeness (QED) is 0.526. The maximum absolute atomic E-state index is 11.4. The van der Waals surface area contributed by atoms with Gasteiger partial charge in [0.1, 0.15) is 0 Å². The molecule has 0 spiro atoms. The third kappa shape index (κ3) is 7.18. The van der Waals surface area contributed by atoms with Crippen LogP contribution in [0.2, 0.25) is 0 Å². The molecule has 0 rings (SSSR count). The second kappa shape index (κ2) is 5.94. The zero-order valence-electron chi connectivity index (χ0n) is 10.9. The third-order valence-electron chi connectivity index (χ3n) is 2.46. The van der Waals surface area contributed by atoms with Crippen molar-refractivity contribution in [3.05, 3.63) is 11.6 Å². The second-order valence-corrected chi connectivity index (χ2v) is 5.43. The number of hydrogen-bond donors (Lipinski definition) is 0. The monoisotopic (exact) mass is 212 g/mol. The SMILES string of the molecule is CC(=CC(=O)OCCC(C)C)C(C)(C)C. The van der Waals surface area contributed by atoms with Crippen molar-refractivity contribution in [2.45, 2.75) is 48.0 Å². The summed E-state index contributed by atoms with van der Waals surface area (Å²) in [5.41, 5.74) is 1.09. The van der Waals surface area contributed by atoms with Gasteiger partial charge in [0.05, 0.1) is 6.61 Å². The molecule has 0 aromatic carbocycles. The average Bonchev–Trinajstić information content (AvgIpc) is 2.01. The van der Waals surface area contributed by atoms with Gasteiger partial charge in [-0.15, -0.1) is 0 Å². The molecular weight excluding hydrogens is 188 g/mol. The number of esters is 1. The first-order valence-electron chi connectivity index (χ1n) is 5.59. The zero-order chi connectivity index (χ0) is 12.1. The molecule has 0 aromatic rings. The minimum absolute atomic E-state index is 0.0388. The molecule has 0 fully saturated rings. The van der Waals surface area contributed by atoms with E-state index in [1.54, 1.807) is 6.08 Å². The molecule has 0 saturated heterocycles. The molecule has 0 amide bonds. The minimum atomic E-state index is -0.219. The maximum Gasteiger partial charge on any atom is 0.330 e. The van der Waals surface area contributed by atoms with Gasteiger partial charge in [-0.2, -0.15) is 0 Å². The molecule has 2 nitrogen and oxygen atoms in total. The summed E-state index contributed by atoms with van der Waals surface area (Å²) in [6.07, 6.45) is 2.52. The first-order chi connectivity index (χ1) is 6.73. The smallest absolute Gasteiger partial charge is 0.330 e. The van der Waals surface area contributed by atoms with Gasteiger partial charge >= 0.3 is 5.97 Å². The highest BCUT2D eigenvalue weighted by atomic mass is 16.5. The van der Waals surface area contributed by atoms with Gasteiger partial charge in [0, 0.05) is 6.08 Å². The van der Waals surface area contributed by atoms with Crippen molar-refractivity contribution in [2.24, 2.45) is 11.3 Å². The topological polar surface area (TPSA) is 26.3 Å². The van der Waals surface area contributed by atoms with Gasteiger partial charge in [0.15, 0.2) is 0 Å². The van der Waals surface area contributed by atoms with Gasteiger partial charge < -0.3 is 4.74 Å². The Balaban J connectivity index is 4.03. The number of carbonyl (C=O) groups is 1. The Morgan fingerprint density at radius 1 is 1.33 bits per heavy atom. The summed E-state index contributed by atoms with van der Waals surface area (Å²) in [5.74, 6) is 0.355. The van der Waals surface area contributed by atoms with Crippen LogP contribution < -0.4 is 0 Å². The van der Waals surface area contributed by atoms with Crippen molar-refractivity contribution in [2.75, 3.05) is 6.61 Å². The number of hydrogen-bond acceptors (Lipinski definition) is 2. The van der Waals surface area contributed by atoms with Crippen LogP contribution in [0.5, 0.6) is 0 Å². The Morgan fingerprint density at radius 2 is 1.87 bits per heavy atom. The highest BCUT2D eigenvalue weighted by Crippen LogP contribution is 2.24. The number of allylic oxidation sites excluding steroid dienone is 1. The lowest BCUT2D eigenvalue weighted by Gasteiger charge is -2.18. The van der Waals surface area contributed by atoms with Crippen LogP contribution in [-0.4, -0.2) is 12.6 Å². The molecule has 2 heteroatoms. The molecule has 0 unspecified atom stereocenters. The van der Waals surface area contributed by atoms with Crippen LogP contribution in [0, 0.1) is 11.3 Å². The molecule has 0 radical (unpaired) electrons. The van der Waals surface area contributed by atoms with Gasteiger partial charge in [0.25, 0.3) is 0 Å². The van der Waals surface area contributed by atoms with E-state index in [9.17, 15) is 4.79 Å². The fraction of sp³-hybridized carbons (Fsp3) is 0.769. The van der Waals surface area contributed by atoms with E-state index in [-0.39, 0.29) is 11.4 Å². The lowest BCUT2D eigenvalue weighted by Crippen LogP contribution is -2.11. The Bertz CT molecular complexity index is 231. The molecule has 0 saturated carbocycles. The van der Waals surface area contributed by atoms with Crippen LogP contribution in [0.1, 0.15) is 48.0 Å². The fourth-order valence-corrected chi connectivity index (χ4v) is 0.830. The molecule has 0 aliphatic carbocycles.